The largest absolute Gasteiger partial charge is 0.486 e. The molecule has 2 aliphatic heterocycles. The molecule has 1 aromatic rings. The van der Waals surface area contributed by atoms with E-state index in [1.807, 2.05) is 6.07 Å². The van der Waals surface area contributed by atoms with E-state index in [0.29, 0.717) is 25.3 Å². The fraction of sp³-hybridized carbons (Fsp3) is 0.571. The van der Waals surface area contributed by atoms with Gasteiger partial charge < -0.3 is 14.8 Å². The van der Waals surface area contributed by atoms with Crippen molar-refractivity contribution >= 4 is 0 Å². The molecule has 4 nitrogen and oxygen atoms in total. The summed E-state index contributed by atoms with van der Waals surface area (Å²) in [7, 11) is 2.19. The summed E-state index contributed by atoms with van der Waals surface area (Å²) in [5.74, 6) is 1.75. The average molecular weight is 248 g/mol. The highest BCUT2D eigenvalue weighted by Gasteiger charge is 2.26. The minimum absolute atomic E-state index is 0.396. The van der Waals surface area contributed by atoms with E-state index in [2.05, 4.69) is 36.3 Å². The lowest BCUT2D eigenvalue weighted by Crippen LogP contribution is -2.56. The van der Waals surface area contributed by atoms with Gasteiger partial charge in [0.15, 0.2) is 11.5 Å². The van der Waals surface area contributed by atoms with Crippen molar-refractivity contribution in [2.24, 2.45) is 0 Å². The molecule has 1 atom stereocenters. The summed E-state index contributed by atoms with van der Waals surface area (Å²) >= 11 is 0. The monoisotopic (exact) mass is 248 g/mol. The summed E-state index contributed by atoms with van der Waals surface area (Å²) in [4.78, 5) is 2.42. The van der Waals surface area contributed by atoms with Gasteiger partial charge in [0.05, 0.1) is 0 Å². The molecule has 1 saturated heterocycles. The van der Waals surface area contributed by atoms with Crippen LogP contribution in [-0.2, 0) is 0 Å². The second-order valence-electron chi connectivity index (χ2n) is 5.06. The third-order valence-electron chi connectivity index (χ3n) is 4.00. The third kappa shape index (κ3) is 2.06. The first kappa shape index (κ1) is 11.8. The van der Waals surface area contributed by atoms with E-state index in [1.54, 1.807) is 0 Å². The molecule has 1 unspecified atom stereocenters. The second-order valence-corrected chi connectivity index (χ2v) is 5.06. The van der Waals surface area contributed by atoms with Crippen molar-refractivity contribution in [3.8, 4) is 11.5 Å². The van der Waals surface area contributed by atoms with Crippen molar-refractivity contribution < 1.29 is 9.47 Å². The molecule has 2 heterocycles. The van der Waals surface area contributed by atoms with Crippen LogP contribution < -0.4 is 14.8 Å². The summed E-state index contributed by atoms with van der Waals surface area (Å²) in [5, 5.41) is 3.31. The Morgan fingerprint density at radius 2 is 1.94 bits per heavy atom. The summed E-state index contributed by atoms with van der Waals surface area (Å²) in [5.41, 5.74) is 1.29. The average Bonchev–Trinajstić information content (AvgIpc) is 2.35. The maximum absolute atomic E-state index is 5.64. The van der Waals surface area contributed by atoms with E-state index in [4.69, 9.17) is 9.47 Å². The van der Waals surface area contributed by atoms with Gasteiger partial charge in [-0.1, -0.05) is 6.07 Å². The topological polar surface area (TPSA) is 33.7 Å². The Balaban J connectivity index is 1.78. The Labute approximate surface area is 108 Å². The number of ether oxygens (including phenoxy) is 2. The Morgan fingerprint density at radius 1 is 1.22 bits per heavy atom. The summed E-state index contributed by atoms with van der Waals surface area (Å²) in [6, 6.07) is 7.32. The summed E-state index contributed by atoms with van der Waals surface area (Å²) < 4.78 is 11.2. The van der Waals surface area contributed by atoms with Gasteiger partial charge in [-0.05, 0) is 31.7 Å². The first-order valence-corrected chi connectivity index (χ1v) is 6.58. The molecule has 0 saturated carbocycles. The number of nitrogens with zero attached hydrogens (tertiary/aromatic N) is 1. The van der Waals surface area contributed by atoms with Crippen molar-refractivity contribution in [2.75, 3.05) is 33.4 Å². The van der Waals surface area contributed by atoms with Crippen molar-refractivity contribution in [3.63, 3.8) is 0 Å². The first-order chi connectivity index (χ1) is 8.75. The van der Waals surface area contributed by atoms with Crippen LogP contribution in [0.2, 0.25) is 0 Å². The van der Waals surface area contributed by atoms with Crippen molar-refractivity contribution in [3.05, 3.63) is 23.8 Å². The second kappa shape index (κ2) is 4.78. The predicted molar refractivity (Wildman–Crippen MR) is 70.3 cm³/mol. The molecule has 1 N–H and O–H groups in total. The van der Waals surface area contributed by atoms with Crippen molar-refractivity contribution in [1.29, 1.82) is 0 Å². The molecule has 0 amide bonds. The zero-order chi connectivity index (χ0) is 12.5. The smallest absolute Gasteiger partial charge is 0.161 e. The van der Waals surface area contributed by atoms with Crippen LogP contribution in [-0.4, -0.2) is 44.3 Å². The molecular weight excluding hydrogens is 228 g/mol. The predicted octanol–water partition coefficient (Wildman–Crippen LogP) is 1.42. The SMILES string of the molecule is CC(c1ccc2c(c1)OCCO2)N(C)C1CNC1. The molecule has 0 bridgehead atoms. The zero-order valence-corrected chi connectivity index (χ0v) is 11.0. The Hall–Kier alpha value is -1.26. The molecule has 0 aliphatic carbocycles. The van der Waals surface area contributed by atoms with Crippen LogP contribution in [0.25, 0.3) is 0 Å². The molecule has 1 fully saturated rings. The van der Waals surface area contributed by atoms with E-state index < -0.39 is 0 Å². The number of hydrogen-bond acceptors (Lipinski definition) is 4. The minimum atomic E-state index is 0.396. The molecule has 2 aliphatic rings. The number of nitrogens with one attached hydrogen (secondary N) is 1. The van der Waals surface area contributed by atoms with Gasteiger partial charge in [0, 0.05) is 25.2 Å². The highest BCUT2D eigenvalue weighted by atomic mass is 16.6. The van der Waals surface area contributed by atoms with E-state index in [1.165, 1.54) is 5.56 Å². The van der Waals surface area contributed by atoms with Crippen LogP contribution in [0.15, 0.2) is 18.2 Å². The van der Waals surface area contributed by atoms with Gasteiger partial charge >= 0.3 is 0 Å². The molecule has 98 valence electrons. The van der Waals surface area contributed by atoms with Crippen LogP contribution in [0, 0.1) is 0 Å². The van der Waals surface area contributed by atoms with Crippen molar-refractivity contribution in [2.45, 2.75) is 19.0 Å². The summed E-state index contributed by atoms with van der Waals surface area (Å²) in [6.07, 6.45) is 0. The van der Waals surface area contributed by atoms with Crippen LogP contribution in [0.1, 0.15) is 18.5 Å². The number of likely N-dealkylation sites (N-methyl/N-ethyl adjacent to an activating group) is 1. The maximum atomic E-state index is 5.64. The lowest BCUT2D eigenvalue weighted by atomic mass is 10.0. The number of rotatable bonds is 3. The van der Waals surface area contributed by atoms with Gasteiger partial charge in [0.25, 0.3) is 0 Å². The van der Waals surface area contributed by atoms with E-state index in [9.17, 15) is 0 Å². The zero-order valence-electron chi connectivity index (χ0n) is 11.0. The van der Waals surface area contributed by atoms with Gasteiger partial charge in [-0.25, -0.2) is 0 Å². The lowest BCUT2D eigenvalue weighted by molar-refractivity contribution is 0.135. The minimum Gasteiger partial charge on any atom is -0.486 e. The fourth-order valence-corrected chi connectivity index (χ4v) is 2.43. The molecule has 0 radical (unpaired) electrons. The highest BCUT2D eigenvalue weighted by molar-refractivity contribution is 5.44. The number of hydrogen-bond donors (Lipinski definition) is 1. The molecule has 18 heavy (non-hydrogen) atoms. The van der Waals surface area contributed by atoms with Gasteiger partial charge in [-0.15, -0.1) is 0 Å². The van der Waals surface area contributed by atoms with Gasteiger partial charge in [-0.2, -0.15) is 0 Å². The molecule has 1 aromatic carbocycles. The van der Waals surface area contributed by atoms with Crippen LogP contribution in [0.4, 0.5) is 0 Å². The van der Waals surface area contributed by atoms with Crippen LogP contribution in [0.5, 0.6) is 11.5 Å². The maximum Gasteiger partial charge on any atom is 0.161 e. The van der Waals surface area contributed by atoms with Crippen molar-refractivity contribution in [1.82, 2.24) is 10.2 Å². The Bertz CT molecular complexity index is 432. The van der Waals surface area contributed by atoms with E-state index >= 15 is 0 Å². The molecule has 4 heteroatoms. The molecular formula is C14H20N2O2. The van der Waals surface area contributed by atoms with E-state index in [0.717, 1.165) is 24.6 Å². The highest BCUT2D eigenvalue weighted by Crippen LogP contribution is 2.34. The summed E-state index contributed by atoms with van der Waals surface area (Å²) in [6.45, 7) is 5.71. The molecule has 3 rings (SSSR count). The quantitative estimate of drug-likeness (QED) is 0.877. The third-order valence-corrected chi connectivity index (χ3v) is 4.00. The standard InChI is InChI=1S/C14H20N2O2/c1-10(16(2)12-8-15-9-12)11-3-4-13-14(7-11)18-6-5-17-13/h3-4,7,10,12,15H,5-6,8-9H2,1-2H3. The normalized spacial score (nSPS) is 20.6. The van der Waals surface area contributed by atoms with E-state index in [-0.39, 0.29) is 0 Å². The molecule has 0 spiro atoms. The van der Waals surface area contributed by atoms with Gasteiger partial charge in [-0.3, -0.25) is 4.90 Å². The van der Waals surface area contributed by atoms with Gasteiger partial charge in [0.1, 0.15) is 13.2 Å². The number of fused-ring (bicyclic) bond motifs is 1. The van der Waals surface area contributed by atoms with Gasteiger partial charge in [0.2, 0.25) is 0 Å². The fourth-order valence-electron chi connectivity index (χ4n) is 2.43. The Morgan fingerprint density at radius 3 is 2.61 bits per heavy atom. The number of benzene rings is 1. The molecule has 0 aromatic heterocycles. The lowest BCUT2D eigenvalue weighted by Gasteiger charge is -2.39. The Kier molecular flexibility index (Phi) is 3.14. The van der Waals surface area contributed by atoms with Crippen LogP contribution >= 0.6 is 0 Å². The first-order valence-electron chi connectivity index (χ1n) is 6.58. The van der Waals surface area contributed by atoms with Crippen LogP contribution in [0.3, 0.4) is 0 Å².